The van der Waals surface area contributed by atoms with Crippen LogP contribution >= 0.6 is 0 Å². The Kier molecular flexibility index (Phi) is 7.84. The highest BCUT2D eigenvalue weighted by Gasteiger charge is 2.30. The summed E-state index contributed by atoms with van der Waals surface area (Å²) in [7, 11) is 0. The summed E-state index contributed by atoms with van der Waals surface area (Å²) in [5.41, 5.74) is 13.2. The highest BCUT2D eigenvalue weighted by molar-refractivity contribution is 5.94. The molecule has 0 unspecified atom stereocenters. The van der Waals surface area contributed by atoms with Gasteiger partial charge in [-0.1, -0.05) is 59.7 Å². The van der Waals surface area contributed by atoms with Crippen LogP contribution in [0.15, 0.2) is 54.6 Å². The zero-order valence-electron chi connectivity index (χ0n) is 24.8. The zero-order chi connectivity index (χ0) is 28.8. The highest BCUT2D eigenvalue weighted by atomic mass is 16.3. The molecule has 3 N–H and O–H groups in total. The minimum absolute atomic E-state index is 0.212. The molecule has 0 atom stereocenters. The molecule has 4 aromatic rings. The first-order valence-corrected chi connectivity index (χ1v) is 14.0. The zero-order valence-corrected chi connectivity index (χ0v) is 24.8. The highest BCUT2D eigenvalue weighted by Crippen LogP contribution is 2.52. The van der Waals surface area contributed by atoms with E-state index in [0.717, 1.165) is 33.4 Å². The molecule has 3 heteroatoms. The van der Waals surface area contributed by atoms with Gasteiger partial charge in [-0.05, 0) is 142 Å². The number of hydrogen-bond acceptors (Lipinski definition) is 3. The van der Waals surface area contributed by atoms with E-state index in [2.05, 4.69) is 59.7 Å². The predicted octanol–water partition coefficient (Wildman–Crippen LogP) is 10.1. The van der Waals surface area contributed by atoms with E-state index in [-0.39, 0.29) is 17.8 Å². The van der Waals surface area contributed by atoms with Crippen molar-refractivity contribution >= 4 is 0 Å². The van der Waals surface area contributed by atoms with Crippen LogP contribution in [0.4, 0.5) is 0 Å². The summed E-state index contributed by atoms with van der Waals surface area (Å²) in [6.07, 6.45) is 0. The second-order valence-electron chi connectivity index (χ2n) is 11.8. The maximum atomic E-state index is 10.4. The van der Waals surface area contributed by atoms with Crippen LogP contribution in [0.2, 0.25) is 0 Å². The summed E-state index contributed by atoms with van der Waals surface area (Å²) in [6.45, 7) is 19.3. The smallest absolute Gasteiger partial charge is 0.118 e. The van der Waals surface area contributed by atoms with E-state index in [1.165, 1.54) is 33.4 Å². The van der Waals surface area contributed by atoms with Crippen LogP contribution in [-0.4, -0.2) is 15.3 Å². The predicted molar refractivity (Wildman–Crippen MR) is 164 cm³/mol. The molecule has 0 aliphatic rings. The van der Waals surface area contributed by atoms with Crippen molar-refractivity contribution in [2.24, 2.45) is 0 Å². The van der Waals surface area contributed by atoms with Gasteiger partial charge in [0.25, 0.3) is 0 Å². The van der Waals surface area contributed by atoms with Gasteiger partial charge in [-0.25, -0.2) is 0 Å². The van der Waals surface area contributed by atoms with E-state index in [0.29, 0.717) is 17.2 Å². The van der Waals surface area contributed by atoms with Crippen LogP contribution < -0.4 is 0 Å². The number of benzene rings is 4. The van der Waals surface area contributed by atoms with Gasteiger partial charge in [0, 0.05) is 0 Å². The van der Waals surface area contributed by atoms with Crippen molar-refractivity contribution in [3.63, 3.8) is 0 Å². The van der Waals surface area contributed by atoms with Gasteiger partial charge in [-0.15, -0.1) is 0 Å². The molecule has 0 aliphatic heterocycles. The Morgan fingerprint density at radius 1 is 0.410 bits per heavy atom. The van der Waals surface area contributed by atoms with Gasteiger partial charge in [0.2, 0.25) is 0 Å². The average Bonchev–Trinajstić information content (AvgIpc) is 2.87. The average molecular weight is 523 g/mol. The number of aromatic hydroxyl groups is 3. The second kappa shape index (κ2) is 10.8. The maximum absolute atomic E-state index is 10.4. The van der Waals surface area contributed by atoms with Crippen molar-refractivity contribution in [1.82, 2.24) is 0 Å². The summed E-state index contributed by atoms with van der Waals surface area (Å²) >= 11 is 0. The largest absolute Gasteiger partial charge is 0.508 e. The van der Waals surface area contributed by atoms with Gasteiger partial charge in [0.15, 0.2) is 0 Å². The third-order valence-electron chi connectivity index (χ3n) is 7.80. The molecule has 0 radical (unpaired) electrons. The molecule has 0 aliphatic carbocycles. The van der Waals surface area contributed by atoms with E-state index in [1.807, 2.05) is 39.0 Å². The molecule has 0 bridgehead atoms. The monoisotopic (exact) mass is 522 g/mol. The standard InChI is InChI=1S/C36H42O3/c1-19(2)31-34(25-10-13-28(37)22(7)16-25)32(20(3)4)36(27-12-15-30(39)24(9)18-27)33(21(5)6)35(31)26-11-14-29(38)23(8)17-26/h10-21,37-39H,1-9H3. The summed E-state index contributed by atoms with van der Waals surface area (Å²) in [5.74, 6) is 1.51. The molecule has 0 saturated heterocycles. The van der Waals surface area contributed by atoms with E-state index in [4.69, 9.17) is 0 Å². The number of rotatable bonds is 6. The van der Waals surface area contributed by atoms with E-state index in [9.17, 15) is 15.3 Å². The third-order valence-corrected chi connectivity index (χ3v) is 7.80. The van der Waals surface area contributed by atoms with Crippen LogP contribution in [0.1, 0.15) is 92.7 Å². The van der Waals surface area contributed by atoms with Crippen molar-refractivity contribution in [2.75, 3.05) is 0 Å². The van der Waals surface area contributed by atoms with Gasteiger partial charge >= 0.3 is 0 Å². The molecule has 0 heterocycles. The molecule has 0 spiro atoms. The normalized spacial score (nSPS) is 11.7. The number of phenols is 3. The van der Waals surface area contributed by atoms with Gasteiger partial charge < -0.3 is 15.3 Å². The van der Waals surface area contributed by atoms with Crippen molar-refractivity contribution in [3.8, 4) is 50.6 Å². The van der Waals surface area contributed by atoms with Crippen molar-refractivity contribution in [1.29, 1.82) is 0 Å². The Bertz CT molecular complexity index is 1330. The lowest BCUT2D eigenvalue weighted by molar-refractivity contribution is 0.471. The Balaban J connectivity index is 2.35. The molecule has 4 rings (SSSR count). The van der Waals surface area contributed by atoms with Crippen LogP contribution in [0, 0.1) is 20.8 Å². The van der Waals surface area contributed by atoms with E-state index < -0.39 is 0 Å². The van der Waals surface area contributed by atoms with Crippen LogP contribution in [0.3, 0.4) is 0 Å². The van der Waals surface area contributed by atoms with Crippen molar-refractivity contribution in [2.45, 2.75) is 80.1 Å². The molecule has 0 aromatic heterocycles. The SMILES string of the molecule is Cc1cc(-c2c(C(C)C)c(-c3ccc(O)c(C)c3)c(C(C)C)c(-c3ccc(O)c(C)c3)c2C(C)C)ccc1O. The van der Waals surface area contributed by atoms with Crippen molar-refractivity contribution < 1.29 is 15.3 Å². The molecular formula is C36H42O3. The minimum Gasteiger partial charge on any atom is -0.508 e. The van der Waals surface area contributed by atoms with E-state index in [1.54, 1.807) is 18.2 Å². The lowest BCUT2D eigenvalue weighted by Crippen LogP contribution is -2.11. The summed E-state index contributed by atoms with van der Waals surface area (Å²) < 4.78 is 0. The Hall–Kier alpha value is -3.72. The fourth-order valence-electron chi connectivity index (χ4n) is 5.91. The van der Waals surface area contributed by atoms with Gasteiger partial charge in [0.05, 0.1) is 0 Å². The Morgan fingerprint density at radius 2 is 0.641 bits per heavy atom. The molecule has 0 fully saturated rings. The second-order valence-corrected chi connectivity index (χ2v) is 11.8. The minimum atomic E-state index is 0.212. The fraction of sp³-hybridized carbons (Fsp3) is 0.333. The van der Waals surface area contributed by atoms with Gasteiger partial charge in [-0.3, -0.25) is 0 Å². The summed E-state index contributed by atoms with van der Waals surface area (Å²) in [6, 6.07) is 17.8. The summed E-state index contributed by atoms with van der Waals surface area (Å²) in [4.78, 5) is 0. The van der Waals surface area contributed by atoms with Crippen LogP contribution in [0.25, 0.3) is 33.4 Å². The quantitative estimate of drug-likeness (QED) is 0.236. The molecule has 0 saturated carbocycles. The van der Waals surface area contributed by atoms with Crippen molar-refractivity contribution in [3.05, 3.63) is 88.0 Å². The van der Waals surface area contributed by atoms with Crippen LogP contribution in [0.5, 0.6) is 17.2 Å². The maximum Gasteiger partial charge on any atom is 0.118 e. The lowest BCUT2D eigenvalue weighted by atomic mass is 9.71. The lowest BCUT2D eigenvalue weighted by Gasteiger charge is -2.32. The topological polar surface area (TPSA) is 60.7 Å². The summed E-state index contributed by atoms with van der Waals surface area (Å²) in [5, 5.41) is 31.2. The first-order valence-electron chi connectivity index (χ1n) is 14.0. The Labute approximate surface area is 233 Å². The molecular weight excluding hydrogens is 480 g/mol. The molecule has 0 amide bonds. The number of hydrogen-bond donors (Lipinski definition) is 3. The first-order chi connectivity index (χ1) is 18.3. The van der Waals surface area contributed by atoms with E-state index >= 15 is 0 Å². The van der Waals surface area contributed by atoms with Gasteiger partial charge in [0.1, 0.15) is 17.2 Å². The molecule has 3 nitrogen and oxygen atoms in total. The number of aryl methyl sites for hydroxylation is 3. The Morgan fingerprint density at radius 3 is 0.821 bits per heavy atom. The van der Waals surface area contributed by atoms with Crippen LogP contribution in [-0.2, 0) is 0 Å². The molecule has 39 heavy (non-hydrogen) atoms. The number of phenolic OH excluding ortho intramolecular Hbond substituents is 3. The first kappa shape index (κ1) is 28.3. The molecule has 204 valence electrons. The van der Waals surface area contributed by atoms with Gasteiger partial charge in [-0.2, -0.15) is 0 Å². The third kappa shape index (κ3) is 5.15. The fourth-order valence-corrected chi connectivity index (χ4v) is 5.91. The molecule has 4 aromatic carbocycles.